The van der Waals surface area contributed by atoms with Crippen molar-refractivity contribution in [3.63, 3.8) is 0 Å². The van der Waals surface area contributed by atoms with Gasteiger partial charge in [0.15, 0.2) is 24.4 Å². The van der Waals surface area contributed by atoms with E-state index < -0.39 is 81.1 Å². The largest absolute Gasteiger partial charge is 0.472 e. The van der Waals surface area contributed by atoms with Crippen LogP contribution in [0.4, 0.5) is 0 Å². The zero-order chi connectivity index (χ0) is 25.5. The van der Waals surface area contributed by atoms with Gasteiger partial charge in [-0.05, 0) is 0 Å². The summed E-state index contributed by atoms with van der Waals surface area (Å²) in [6.45, 7) is 4.28. The summed E-state index contributed by atoms with van der Waals surface area (Å²) in [5, 5.41) is 0. The van der Waals surface area contributed by atoms with Crippen molar-refractivity contribution in [2.45, 2.75) is 71.4 Å². The molecule has 0 aromatic heterocycles. The van der Waals surface area contributed by atoms with Crippen molar-refractivity contribution >= 4 is 37.7 Å². The van der Waals surface area contributed by atoms with E-state index in [1.54, 1.807) is 0 Å². The Hall–Kier alpha value is -2.58. The Balaban J connectivity index is 3.58. The van der Waals surface area contributed by atoms with Gasteiger partial charge in [0.25, 0.3) is 0 Å². The normalized spacial score (nSPS) is 25.8. The monoisotopic (exact) mass is 500 g/mol. The molecule has 1 aliphatic heterocycles. The van der Waals surface area contributed by atoms with Gasteiger partial charge in [-0.3, -0.25) is 28.5 Å². The molecule has 1 heterocycles. The molecule has 33 heavy (non-hydrogen) atoms. The highest BCUT2D eigenvalue weighted by Crippen LogP contribution is 2.42. The number of esters is 5. The molecule has 5 unspecified atom stereocenters. The molecule has 0 saturated carbocycles. The Morgan fingerprint density at radius 3 is 1.70 bits per heavy atom. The topological polar surface area (TPSA) is 207 Å². The van der Waals surface area contributed by atoms with Crippen LogP contribution in [-0.2, 0) is 61.5 Å². The van der Waals surface area contributed by atoms with Crippen LogP contribution in [0, 0.1) is 0 Å². The van der Waals surface area contributed by atoms with E-state index in [-0.39, 0.29) is 0 Å². The molecule has 188 valence electrons. The predicted molar refractivity (Wildman–Crippen MR) is 101 cm³/mol. The summed E-state index contributed by atoms with van der Waals surface area (Å²) >= 11 is 0. The van der Waals surface area contributed by atoms with Crippen LogP contribution in [0.3, 0.4) is 0 Å². The molecule has 0 amide bonds. The van der Waals surface area contributed by atoms with Gasteiger partial charge in [0.1, 0.15) is 12.7 Å². The van der Waals surface area contributed by atoms with E-state index in [1.807, 2.05) is 0 Å². The molecule has 1 rings (SSSR count). The van der Waals surface area contributed by atoms with Crippen LogP contribution in [0.2, 0.25) is 0 Å². The summed E-state index contributed by atoms with van der Waals surface area (Å²) < 4.78 is 46.7. The zero-order valence-corrected chi connectivity index (χ0v) is 19.2. The van der Waals surface area contributed by atoms with E-state index in [2.05, 4.69) is 4.52 Å². The number of hydrogen-bond donors (Lipinski definition) is 2. The molecule has 0 spiro atoms. The van der Waals surface area contributed by atoms with E-state index in [9.17, 15) is 38.3 Å². The maximum atomic E-state index is 11.8. The molecule has 15 nitrogen and oxygen atoms in total. The highest BCUT2D eigenvalue weighted by atomic mass is 31.2. The standard InChI is InChI=1S/C17H25O15P/c1-7(18)26-6-12(27-8(2)19)13-14(28-9(3)20)15(29-10(4)21)16(30-11(5)22)17(31-13)32-33(23,24)25/h12-17H,6H2,1-5H3,(H2,23,24,25)/t12-,13?,14?,15?,16?,17?/m1/s1. The maximum absolute atomic E-state index is 11.8. The summed E-state index contributed by atoms with van der Waals surface area (Å²) in [5.41, 5.74) is 0. The maximum Gasteiger partial charge on any atom is 0.472 e. The van der Waals surface area contributed by atoms with Crippen LogP contribution in [0.15, 0.2) is 0 Å². The third-order valence-corrected chi connectivity index (χ3v) is 4.30. The van der Waals surface area contributed by atoms with Crippen molar-refractivity contribution in [1.82, 2.24) is 0 Å². The predicted octanol–water partition coefficient (Wildman–Crippen LogP) is -0.889. The number of carbonyl (C=O) groups is 5. The lowest BCUT2D eigenvalue weighted by Crippen LogP contribution is -2.65. The Morgan fingerprint density at radius 2 is 1.27 bits per heavy atom. The van der Waals surface area contributed by atoms with Gasteiger partial charge in [0, 0.05) is 34.6 Å². The van der Waals surface area contributed by atoms with Gasteiger partial charge in [0.2, 0.25) is 6.29 Å². The first-order valence-electron chi connectivity index (χ1n) is 9.32. The molecule has 0 aromatic carbocycles. The van der Waals surface area contributed by atoms with Gasteiger partial charge < -0.3 is 38.2 Å². The lowest BCUT2D eigenvalue weighted by atomic mass is 9.94. The summed E-state index contributed by atoms with van der Waals surface area (Å²) in [6, 6.07) is 0. The quantitative estimate of drug-likeness (QED) is 0.224. The second-order valence-corrected chi connectivity index (χ2v) is 7.93. The third-order valence-electron chi connectivity index (χ3n) is 3.81. The van der Waals surface area contributed by atoms with Crippen LogP contribution in [0.1, 0.15) is 34.6 Å². The molecular formula is C17H25O15P. The first-order chi connectivity index (χ1) is 15.1. The Kier molecular flexibility index (Phi) is 10.4. The molecule has 0 radical (unpaired) electrons. The van der Waals surface area contributed by atoms with Crippen molar-refractivity contribution in [3.05, 3.63) is 0 Å². The average molecular weight is 500 g/mol. The second kappa shape index (κ2) is 12.0. The second-order valence-electron chi connectivity index (χ2n) is 6.74. The van der Waals surface area contributed by atoms with Gasteiger partial charge in [-0.2, -0.15) is 0 Å². The average Bonchev–Trinajstić information content (AvgIpc) is 2.60. The van der Waals surface area contributed by atoms with Gasteiger partial charge in [-0.1, -0.05) is 0 Å². The molecule has 2 N–H and O–H groups in total. The summed E-state index contributed by atoms with van der Waals surface area (Å²) in [6.07, 6.45) is -10.5. The van der Waals surface area contributed by atoms with E-state index in [0.29, 0.717) is 0 Å². The minimum absolute atomic E-state index is 0.648. The van der Waals surface area contributed by atoms with E-state index >= 15 is 0 Å². The van der Waals surface area contributed by atoms with Crippen LogP contribution < -0.4 is 0 Å². The van der Waals surface area contributed by atoms with Gasteiger partial charge in [-0.15, -0.1) is 0 Å². The third kappa shape index (κ3) is 9.84. The van der Waals surface area contributed by atoms with Crippen LogP contribution >= 0.6 is 7.82 Å². The summed E-state index contributed by atoms with van der Waals surface area (Å²) in [7, 11) is -5.30. The highest BCUT2D eigenvalue weighted by molar-refractivity contribution is 7.46. The van der Waals surface area contributed by atoms with Crippen molar-refractivity contribution < 1.29 is 71.3 Å². The van der Waals surface area contributed by atoms with Crippen molar-refractivity contribution in [1.29, 1.82) is 0 Å². The number of rotatable bonds is 9. The van der Waals surface area contributed by atoms with Crippen molar-refractivity contribution in [2.24, 2.45) is 0 Å². The van der Waals surface area contributed by atoms with Crippen LogP contribution in [-0.4, -0.2) is 83.1 Å². The fourth-order valence-electron chi connectivity index (χ4n) is 2.93. The zero-order valence-electron chi connectivity index (χ0n) is 18.3. The number of hydrogen-bond acceptors (Lipinski definition) is 13. The molecule has 1 saturated heterocycles. The van der Waals surface area contributed by atoms with E-state index in [0.717, 1.165) is 34.6 Å². The van der Waals surface area contributed by atoms with Gasteiger partial charge in [-0.25, -0.2) is 4.57 Å². The van der Waals surface area contributed by atoms with Crippen LogP contribution in [0.5, 0.6) is 0 Å². The first kappa shape index (κ1) is 28.5. The molecule has 1 aliphatic rings. The summed E-state index contributed by atoms with van der Waals surface area (Å²) in [4.78, 5) is 76.5. The Bertz CT molecular complexity index is 804. The molecule has 0 aliphatic carbocycles. The Morgan fingerprint density at radius 1 is 0.788 bits per heavy atom. The first-order valence-corrected chi connectivity index (χ1v) is 10.9. The molecule has 6 atom stereocenters. The Labute approximate surface area is 187 Å². The number of phosphoric ester groups is 1. The lowest BCUT2D eigenvalue weighted by molar-refractivity contribution is -0.302. The lowest BCUT2D eigenvalue weighted by Gasteiger charge is -2.45. The van der Waals surface area contributed by atoms with Crippen molar-refractivity contribution in [2.75, 3.05) is 6.61 Å². The molecule has 1 fully saturated rings. The fraction of sp³-hybridized carbons (Fsp3) is 0.706. The fourth-order valence-corrected chi connectivity index (χ4v) is 3.37. The minimum atomic E-state index is -5.30. The van der Waals surface area contributed by atoms with Crippen molar-refractivity contribution in [3.8, 4) is 0 Å². The molecule has 0 bridgehead atoms. The van der Waals surface area contributed by atoms with Gasteiger partial charge in [0.05, 0.1) is 0 Å². The van der Waals surface area contributed by atoms with Crippen LogP contribution in [0.25, 0.3) is 0 Å². The number of phosphoric acid groups is 1. The molecule has 0 aromatic rings. The number of ether oxygens (including phenoxy) is 6. The highest BCUT2D eigenvalue weighted by Gasteiger charge is 2.56. The molecule has 16 heteroatoms. The minimum Gasteiger partial charge on any atom is -0.462 e. The van der Waals surface area contributed by atoms with Gasteiger partial charge >= 0.3 is 37.7 Å². The smallest absolute Gasteiger partial charge is 0.462 e. The van der Waals surface area contributed by atoms with E-state index in [4.69, 9.17) is 28.4 Å². The van der Waals surface area contributed by atoms with E-state index in [1.165, 1.54) is 0 Å². The number of carbonyl (C=O) groups excluding carboxylic acids is 5. The SMILES string of the molecule is CC(=O)OC[C@@H](OC(C)=O)C1OC(OP(=O)(O)O)C(OC(C)=O)C(OC(C)=O)C1OC(C)=O. The summed E-state index contributed by atoms with van der Waals surface area (Å²) in [5.74, 6) is -4.57. The molecular weight excluding hydrogens is 475 g/mol.